The molecule has 0 spiro atoms. The predicted octanol–water partition coefficient (Wildman–Crippen LogP) is 8.04. The molecule has 14 nitrogen and oxygen atoms in total. The highest BCUT2D eigenvalue weighted by atomic mass is 16.5. The number of benzene rings is 4. The number of imidazole rings is 1. The van der Waals surface area contributed by atoms with Crippen molar-refractivity contribution in [2.45, 2.75) is 77.7 Å². The molecule has 3 N–H and O–H groups in total. The highest BCUT2D eigenvalue weighted by Crippen LogP contribution is 2.45. The third-order valence-corrected chi connectivity index (χ3v) is 13.0. The Bertz CT molecular complexity index is 2640. The molecule has 6 atom stereocenters. The summed E-state index contributed by atoms with van der Waals surface area (Å²) in [6.45, 7) is 9.60. The summed E-state index contributed by atoms with van der Waals surface area (Å²) in [5.41, 5.74) is 8.61. The number of aromatic nitrogens is 2. The second kappa shape index (κ2) is 16.9. The summed E-state index contributed by atoms with van der Waals surface area (Å²) < 4.78 is 16.2. The Morgan fingerprint density at radius 3 is 2.27 bits per heavy atom. The van der Waals surface area contributed by atoms with E-state index in [1.165, 1.54) is 14.2 Å². The van der Waals surface area contributed by atoms with Gasteiger partial charge in [0.05, 0.1) is 43.9 Å². The Balaban J connectivity index is 0.940. The largest absolute Gasteiger partial charge is 0.488 e. The number of carbonyl (C=O) groups is 4. The van der Waals surface area contributed by atoms with Crippen molar-refractivity contribution in [3.8, 4) is 28.1 Å². The molecule has 9 rings (SSSR count). The van der Waals surface area contributed by atoms with E-state index in [1.807, 2.05) is 60.2 Å². The fourth-order valence-corrected chi connectivity index (χ4v) is 9.85. The van der Waals surface area contributed by atoms with Gasteiger partial charge in [0.15, 0.2) is 0 Å². The summed E-state index contributed by atoms with van der Waals surface area (Å²) >= 11 is 0. The maximum Gasteiger partial charge on any atom is 0.407 e. The first kappa shape index (κ1) is 41.6. The Morgan fingerprint density at radius 2 is 1.54 bits per heavy atom. The van der Waals surface area contributed by atoms with Crippen LogP contribution in [0.3, 0.4) is 0 Å². The molecule has 5 aromatic rings. The second-order valence-corrected chi connectivity index (χ2v) is 17.8. The number of nitrogens with one attached hydrogen (secondary N) is 3. The number of rotatable bonds is 9. The predicted molar refractivity (Wildman–Crippen MR) is 239 cm³/mol. The molecule has 63 heavy (non-hydrogen) atoms. The lowest BCUT2D eigenvalue weighted by atomic mass is 9.90. The van der Waals surface area contributed by atoms with Gasteiger partial charge in [0, 0.05) is 30.8 Å². The number of methoxy groups -OCH3 is 2. The maximum absolute atomic E-state index is 14.3. The normalized spacial score (nSPS) is 20.9. The number of ether oxygens (including phenoxy) is 3. The molecule has 0 radical (unpaired) electrons. The number of alkyl carbamates (subject to hydrolysis) is 2. The fraction of sp³-hybridized carbons (Fsp3) is 0.388. The third kappa shape index (κ3) is 7.87. The lowest BCUT2D eigenvalue weighted by Crippen LogP contribution is -2.51. The average molecular weight is 852 g/mol. The molecule has 326 valence electrons. The zero-order valence-corrected chi connectivity index (χ0v) is 36.4. The Hall–Kier alpha value is -6.70. The summed E-state index contributed by atoms with van der Waals surface area (Å²) in [7, 11) is 2.59. The van der Waals surface area contributed by atoms with Crippen molar-refractivity contribution in [1.29, 1.82) is 0 Å². The molecule has 5 heterocycles. The average Bonchev–Trinajstić information content (AvgIpc) is 4.12. The van der Waals surface area contributed by atoms with E-state index in [-0.39, 0.29) is 41.7 Å². The van der Waals surface area contributed by atoms with Crippen LogP contribution in [0.5, 0.6) is 5.75 Å². The maximum atomic E-state index is 14.3. The first-order valence-corrected chi connectivity index (χ1v) is 21.7. The van der Waals surface area contributed by atoms with Gasteiger partial charge in [0.2, 0.25) is 11.8 Å². The van der Waals surface area contributed by atoms with Gasteiger partial charge >= 0.3 is 12.2 Å². The van der Waals surface area contributed by atoms with Crippen LogP contribution in [-0.4, -0.2) is 88.9 Å². The van der Waals surface area contributed by atoms with E-state index in [9.17, 15) is 19.2 Å². The number of carbonyl (C=O) groups excluding carboxylic acids is 4. The van der Waals surface area contributed by atoms with Crippen molar-refractivity contribution >= 4 is 46.2 Å². The van der Waals surface area contributed by atoms with Gasteiger partial charge in [-0.05, 0) is 93.5 Å². The highest BCUT2D eigenvalue weighted by Gasteiger charge is 2.42. The fourth-order valence-electron chi connectivity index (χ4n) is 9.85. The van der Waals surface area contributed by atoms with Crippen molar-refractivity contribution in [2.75, 3.05) is 27.3 Å². The molecule has 4 aromatic carbocycles. The van der Waals surface area contributed by atoms with Crippen molar-refractivity contribution in [2.24, 2.45) is 22.7 Å². The summed E-state index contributed by atoms with van der Waals surface area (Å²) in [5, 5.41) is 7.64. The van der Waals surface area contributed by atoms with Crippen LogP contribution in [0.15, 0.2) is 84.0 Å². The molecular formula is C49H53N7O7. The molecule has 0 aliphatic carbocycles. The van der Waals surface area contributed by atoms with Gasteiger partial charge in [-0.15, -0.1) is 0 Å². The number of hydrogen-bond donors (Lipinski definition) is 3. The molecule has 4 amide bonds. The lowest BCUT2D eigenvalue weighted by molar-refractivity contribution is -0.135. The van der Waals surface area contributed by atoms with Gasteiger partial charge in [0.25, 0.3) is 0 Å². The number of H-pyrrole nitrogens is 1. The van der Waals surface area contributed by atoms with E-state index in [0.717, 1.165) is 74.3 Å². The van der Waals surface area contributed by atoms with E-state index >= 15 is 0 Å². The number of nitrogens with zero attached hydrogens (tertiary/aromatic N) is 4. The number of aromatic amines is 1. The Labute approximate surface area is 366 Å². The number of fused-ring (bicyclic) bond motifs is 6. The van der Waals surface area contributed by atoms with Gasteiger partial charge in [-0.25, -0.2) is 14.6 Å². The van der Waals surface area contributed by atoms with Gasteiger partial charge in [-0.2, -0.15) is 0 Å². The Kier molecular flexibility index (Phi) is 11.2. The topological polar surface area (TPSA) is 168 Å². The smallest absolute Gasteiger partial charge is 0.407 e. The van der Waals surface area contributed by atoms with E-state index in [4.69, 9.17) is 24.2 Å². The zero-order valence-electron chi connectivity index (χ0n) is 36.4. The molecule has 0 unspecified atom stereocenters. The minimum Gasteiger partial charge on any atom is -0.488 e. The molecule has 2 saturated heterocycles. The molecule has 1 aromatic heterocycles. The van der Waals surface area contributed by atoms with Crippen LogP contribution in [-0.2, 0) is 32.1 Å². The highest BCUT2D eigenvalue weighted by molar-refractivity contribution is 6.06. The molecule has 4 aliphatic heterocycles. The van der Waals surface area contributed by atoms with Crippen molar-refractivity contribution in [3.05, 3.63) is 102 Å². The van der Waals surface area contributed by atoms with Crippen LogP contribution in [0.2, 0.25) is 0 Å². The number of aliphatic imine (C=N–C) groups is 1. The lowest BCUT2D eigenvalue weighted by Gasteiger charge is -2.30. The van der Waals surface area contributed by atoms with E-state index in [2.05, 4.69) is 71.9 Å². The van der Waals surface area contributed by atoms with Gasteiger partial charge < -0.3 is 39.6 Å². The number of hydrogen-bond acceptors (Lipinski definition) is 9. The summed E-state index contributed by atoms with van der Waals surface area (Å²) in [5.74, 6) is 1.57. The molecular weight excluding hydrogens is 799 g/mol. The standard InChI is InChI=1S/C49H53N7O7/c1-26(2)43(53-48(59)61-5)46(57)56-24-28(4)17-41(56)45-50-22-39(52-45)31-12-14-33-32(18-31)25-63-42-21-34-30(19-36(33)42)13-15-37-35(34)20-38(51-37)40-16-27(3)23-55(40)47(58)44(54-49(60)62-6)29-10-8-7-9-11-29/h7-15,18-19,21-22,26-28,40-41,43-44H,16-17,20,23-25H2,1-6H3,(H,50,52)(H,53,59)(H,54,60)/t27-,28-,40-,41-,43-,44+/m0/s1. The van der Waals surface area contributed by atoms with E-state index < -0.39 is 24.3 Å². The summed E-state index contributed by atoms with van der Waals surface area (Å²) in [6, 6.07) is 22.1. The monoisotopic (exact) mass is 851 g/mol. The van der Waals surface area contributed by atoms with E-state index in [0.29, 0.717) is 37.5 Å². The van der Waals surface area contributed by atoms with Gasteiger partial charge in [0.1, 0.15) is 30.3 Å². The number of likely N-dealkylation sites (tertiary alicyclic amines) is 2. The molecule has 14 heteroatoms. The van der Waals surface area contributed by atoms with Crippen LogP contribution in [0.4, 0.5) is 15.3 Å². The SMILES string of the molecule is COC(=O)N[C@H](C(=O)N1C[C@@H](C)C[C@H]1c1ncc(-c2ccc3c(c2)COc2cc4c5c(ccc4cc2-3)N=C([C@@H]2C[C@H](C)CN2C(=O)[C@H](NC(=O)OC)c2ccccc2)C5)[nH]1)C(C)C. The first-order chi connectivity index (χ1) is 30.4. The van der Waals surface area contributed by atoms with Crippen molar-refractivity contribution in [3.63, 3.8) is 0 Å². The summed E-state index contributed by atoms with van der Waals surface area (Å²) in [6.07, 6.45) is 2.66. The zero-order chi connectivity index (χ0) is 44.1. The quantitative estimate of drug-likeness (QED) is 0.134. The second-order valence-electron chi connectivity index (χ2n) is 17.8. The first-order valence-electron chi connectivity index (χ1n) is 21.7. The van der Waals surface area contributed by atoms with Gasteiger partial charge in [-0.3, -0.25) is 14.6 Å². The molecule has 2 fully saturated rings. The van der Waals surface area contributed by atoms with Crippen molar-refractivity contribution in [1.82, 2.24) is 30.4 Å². The summed E-state index contributed by atoms with van der Waals surface area (Å²) in [4.78, 5) is 69.8. The van der Waals surface area contributed by atoms with Crippen LogP contribution in [0, 0.1) is 17.8 Å². The van der Waals surface area contributed by atoms with Crippen molar-refractivity contribution < 1.29 is 33.4 Å². The van der Waals surface area contributed by atoms with Gasteiger partial charge in [-0.1, -0.05) is 76.2 Å². The molecule has 4 aliphatic rings. The minimum absolute atomic E-state index is 0.126. The van der Waals surface area contributed by atoms with Crippen LogP contribution < -0.4 is 15.4 Å². The van der Waals surface area contributed by atoms with Crippen LogP contribution in [0.1, 0.15) is 75.1 Å². The van der Waals surface area contributed by atoms with E-state index in [1.54, 1.807) is 0 Å². The molecule has 0 bridgehead atoms. The minimum atomic E-state index is -0.887. The Morgan fingerprint density at radius 1 is 0.825 bits per heavy atom. The van der Waals surface area contributed by atoms with Crippen LogP contribution >= 0.6 is 0 Å². The van der Waals surface area contributed by atoms with Crippen LogP contribution in [0.25, 0.3) is 33.2 Å². The number of amides is 4. The molecule has 0 saturated carbocycles. The third-order valence-electron chi connectivity index (χ3n) is 13.0.